The average Bonchev–Trinajstić information content (AvgIpc) is 3.27. The van der Waals surface area contributed by atoms with E-state index in [1.165, 1.54) is 10.4 Å². The Morgan fingerprint density at radius 2 is 1.08 bits per heavy atom. The molecule has 1 N–H and O–H groups in total. The van der Waals surface area contributed by atoms with Gasteiger partial charge in [0.1, 0.15) is 5.78 Å². The van der Waals surface area contributed by atoms with Crippen LogP contribution in [0.2, 0.25) is 5.04 Å². The van der Waals surface area contributed by atoms with Crippen molar-refractivity contribution in [3.8, 4) is 0 Å². The van der Waals surface area contributed by atoms with Crippen LogP contribution in [0.25, 0.3) is 10.8 Å². The van der Waals surface area contributed by atoms with Crippen molar-refractivity contribution < 1.29 is 23.9 Å². The number of amides is 2. The van der Waals surface area contributed by atoms with Crippen LogP contribution >= 0.6 is 0 Å². The van der Waals surface area contributed by atoms with Gasteiger partial charge in [-0.3, -0.25) is 14.4 Å². The molecule has 0 bridgehead atoms. The molecule has 0 spiro atoms. The Hall–Kier alpha value is -5.67. The molecule has 6 rings (SSSR count). The van der Waals surface area contributed by atoms with Crippen LogP contribution in [-0.4, -0.2) is 72.7 Å². The van der Waals surface area contributed by atoms with E-state index in [9.17, 15) is 19.5 Å². The van der Waals surface area contributed by atoms with E-state index in [-0.39, 0.29) is 48.6 Å². The number of Topliss-reactive ketones (excluding diaryl/α,β-unsaturated/α-hetero) is 1. The molecule has 0 saturated carbocycles. The minimum Gasteiger partial charge on any atom is -0.406 e. The Morgan fingerprint density at radius 1 is 0.571 bits per heavy atom. The zero-order valence-electron chi connectivity index (χ0n) is 38.4. The molecular formula is C55H64N2O5Si. The van der Waals surface area contributed by atoms with E-state index in [4.69, 9.17) is 4.43 Å². The van der Waals surface area contributed by atoms with Crippen LogP contribution in [0.5, 0.6) is 0 Å². The molecule has 2 amide bonds. The van der Waals surface area contributed by atoms with Crippen molar-refractivity contribution in [1.82, 2.24) is 9.80 Å². The Bertz CT molecular complexity index is 2470. The van der Waals surface area contributed by atoms with E-state index < -0.39 is 19.4 Å². The van der Waals surface area contributed by atoms with Gasteiger partial charge in [-0.05, 0) is 102 Å². The molecule has 6 aromatic rings. The van der Waals surface area contributed by atoms with Gasteiger partial charge in [0, 0.05) is 42.6 Å². The van der Waals surface area contributed by atoms with E-state index in [0.717, 1.165) is 21.9 Å². The normalized spacial score (nSPS) is 12.3. The van der Waals surface area contributed by atoms with E-state index in [1.807, 2.05) is 112 Å². The van der Waals surface area contributed by atoms with Crippen LogP contribution in [0.15, 0.2) is 152 Å². The molecule has 0 unspecified atom stereocenters. The number of hydrogen-bond acceptors (Lipinski definition) is 5. The fourth-order valence-corrected chi connectivity index (χ4v) is 13.5. The van der Waals surface area contributed by atoms with Crippen molar-refractivity contribution >= 4 is 47.1 Å². The van der Waals surface area contributed by atoms with Crippen LogP contribution in [0.4, 0.5) is 0 Å². The van der Waals surface area contributed by atoms with Crippen LogP contribution in [0, 0.1) is 0 Å². The summed E-state index contributed by atoms with van der Waals surface area (Å²) in [5.41, 5.74) is 2.11. The number of carbonyl (C=O) groups excluding carboxylic acids is 3. The third-order valence-electron chi connectivity index (χ3n) is 12.4. The van der Waals surface area contributed by atoms with Gasteiger partial charge < -0.3 is 19.3 Å². The maximum absolute atomic E-state index is 14.7. The molecule has 0 saturated heterocycles. The number of benzene rings is 6. The van der Waals surface area contributed by atoms with Gasteiger partial charge in [-0.25, -0.2) is 0 Å². The van der Waals surface area contributed by atoms with E-state index in [0.29, 0.717) is 36.3 Å². The third-order valence-corrected chi connectivity index (χ3v) is 17.4. The zero-order valence-corrected chi connectivity index (χ0v) is 39.4. The van der Waals surface area contributed by atoms with Crippen molar-refractivity contribution in [2.24, 2.45) is 0 Å². The highest BCUT2D eigenvalue weighted by Crippen LogP contribution is 2.37. The molecule has 0 aliphatic carbocycles. The number of nitrogens with zero attached hydrogens (tertiary/aromatic N) is 2. The number of rotatable bonds is 17. The number of hydrogen-bond donors (Lipinski definition) is 1. The maximum Gasteiger partial charge on any atom is 0.261 e. The molecule has 0 radical (unpaired) electrons. The summed E-state index contributed by atoms with van der Waals surface area (Å²) in [7, 11) is -2.82. The summed E-state index contributed by atoms with van der Waals surface area (Å²) in [5, 5.41) is 14.5. The third kappa shape index (κ3) is 10.4. The number of aryl methyl sites for hydroxylation is 1. The SMILES string of the molecule is CC(C)(C)N(CCO[Si](c1ccccc1)(c1ccccc1)C(C)(C)C)C(=O)c1ccccc1CCC(=O)Cc1ccccc1C(=O)N(CCO)C(C)(C)c1ccc2ccccc2c1. The van der Waals surface area contributed by atoms with Crippen molar-refractivity contribution in [2.45, 2.75) is 90.8 Å². The second kappa shape index (κ2) is 19.8. The second-order valence-corrected chi connectivity index (χ2v) is 23.3. The van der Waals surface area contributed by atoms with E-state index in [2.05, 4.69) is 93.6 Å². The second-order valence-electron chi connectivity index (χ2n) is 19.0. The number of fused-ring (bicyclic) bond motifs is 1. The Labute approximate surface area is 375 Å². The van der Waals surface area contributed by atoms with Crippen molar-refractivity contribution in [3.05, 3.63) is 179 Å². The fourth-order valence-electron chi connectivity index (χ4n) is 8.95. The highest BCUT2D eigenvalue weighted by Gasteiger charge is 2.50. The summed E-state index contributed by atoms with van der Waals surface area (Å²) < 4.78 is 7.22. The van der Waals surface area contributed by atoms with Gasteiger partial charge in [-0.2, -0.15) is 0 Å². The van der Waals surface area contributed by atoms with Gasteiger partial charge in [0.2, 0.25) is 0 Å². The standard InChI is InChI=1S/C55H64N2O5Si/c1-53(2,3)56(36-38-62-63(54(4,5)6,47-25-11-9-12-26-47)48-27-13-10-14-28-48)51(60)49-29-19-17-22-42(49)32-34-46(59)40-44-24-18-20-30-50(44)52(61)57(35-37-58)55(7,8)45-33-31-41-21-15-16-23-43(41)39-45/h9-31,33,39,58H,32,34-38,40H2,1-8H3. The monoisotopic (exact) mass is 860 g/mol. The first-order chi connectivity index (χ1) is 30.0. The molecule has 0 atom stereocenters. The molecule has 8 heteroatoms. The summed E-state index contributed by atoms with van der Waals surface area (Å²) in [6.07, 6.45) is 0.635. The van der Waals surface area contributed by atoms with Crippen LogP contribution < -0.4 is 10.4 Å². The lowest BCUT2D eigenvalue weighted by Gasteiger charge is -2.44. The van der Waals surface area contributed by atoms with Crippen LogP contribution in [-0.2, 0) is 27.6 Å². The smallest absolute Gasteiger partial charge is 0.261 e. The first-order valence-electron chi connectivity index (χ1n) is 22.2. The van der Waals surface area contributed by atoms with Gasteiger partial charge in [-0.15, -0.1) is 0 Å². The minimum atomic E-state index is -2.82. The Morgan fingerprint density at radius 3 is 1.65 bits per heavy atom. The first kappa shape index (κ1) is 46.8. The minimum absolute atomic E-state index is 0.0358. The molecular weight excluding hydrogens is 797 g/mol. The van der Waals surface area contributed by atoms with Gasteiger partial charge in [0.25, 0.3) is 20.1 Å². The summed E-state index contributed by atoms with van der Waals surface area (Å²) >= 11 is 0. The van der Waals surface area contributed by atoms with Gasteiger partial charge in [0.05, 0.1) is 18.8 Å². The zero-order chi connectivity index (χ0) is 45.4. The van der Waals surface area contributed by atoms with Crippen LogP contribution in [0.3, 0.4) is 0 Å². The number of aliphatic hydroxyl groups excluding tert-OH is 1. The van der Waals surface area contributed by atoms with Crippen molar-refractivity contribution in [1.29, 1.82) is 0 Å². The van der Waals surface area contributed by atoms with E-state index >= 15 is 0 Å². The summed E-state index contributed by atoms with van der Waals surface area (Å²) in [4.78, 5) is 46.5. The fraction of sp³-hybridized carbons (Fsp3) is 0.327. The summed E-state index contributed by atoms with van der Waals surface area (Å²) in [6, 6.07) is 50.1. The molecule has 0 heterocycles. The van der Waals surface area contributed by atoms with E-state index in [1.54, 1.807) is 11.0 Å². The lowest BCUT2D eigenvalue weighted by atomic mass is 9.89. The molecule has 0 fully saturated rings. The number of aliphatic hydroxyl groups is 1. The topological polar surface area (TPSA) is 87.2 Å². The lowest BCUT2D eigenvalue weighted by molar-refractivity contribution is -0.118. The highest BCUT2D eigenvalue weighted by molar-refractivity contribution is 6.99. The molecule has 7 nitrogen and oxygen atoms in total. The molecule has 328 valence electrons. The first-order valence-corrected chi connectivity index (χ1v) is 24.1. The quantitative estimate of drug-likeness (QED) is 0.0924. The number of carbonyl (C=O) groups is 3. The summed E-state index contributed by atoms with van der Waals surface area (Å²) in [5.74, 6) is -0.389. The molecule has 0 aliphatic rings. The molecule has 0 aromatic heterocycles. The predicted octanol–water partition coefficient (Wildman–Crippen LogP) is 9.77. The molecule has 6 aromatic carbocycles. The number of ketones is 1. The maximum atomic E-state index is 14.7. The Balaban J connectivity index is 1.18. The van der Waals surface area contributed by atoms with Gasteiger partial charge in [-0.1, -0.05) is 154 Å². The van der Waals surface area contributed by atoms with Crippen molar-refractivity contribution in [2.75, 3.05) is 26.3 Å². The van der Waals surface area contributed by atoms with Gasteiger partial charge >= 0.3 is 0 Å². The van der Waals surface area contributed by atoms with Crippen molar-refractivity contribution in [3.63, 3.8) is 0 Å². The van der Waals surface area contributed by atoms with Gasteiger partial charge in [0.15, 0.2) is 0 Å². The molecule has 63 heavy (non-hydrogen) atoms. The largest absolute Gasteiger partial charge is 0.406 e. The predicted molar refractivity (Wildman–Crippen MR) is 259 cm³/mol. The van der Waals surface area contributed by atoms with Crippen LogP contribution in [0.1, 0.15) is 99.2 Å². The summed E-state index contributed by atoms with van der Waals surface area (Å²) in [6.45, 7) is 17.5. The lowest BCUT2D eigenvalue weighted by Crippen LogP contribution is -2.67. The Kier molecular flexibility index (Phi) is 14.7. The molecule has 0 aliphatic heterocycles. The average molecular weight is 861 g/mol. The highest BCUT2D eigenvalue weighted by atomic mass is 28.4.